The molecule has 1 heterocycles. The first-order chi connectivity index (χ1) is 10.9. The molecule has 2 unspecified atom stereocenters. The lowest BCUT2D eigenvalue weighted by molar-refractivity contribution is 0.0332. The van der Waals surface area contributed by atoms with Crippen LogP contribution in [0.3, 0.4) is 0 Å². The molecular formula is C17H23ClN2O3. The lowest BCUT2D eigenvalue weighted by Crippen LogP contribution is -2.33. The summed E-state index contributed by atoms with van der Waals surface area (Å²) in [5.41, 5.74) is 1.78. The number of nitrogens with zero attached hydrogens (tertiary/aromatic N) is 2. The van der Waals surface area contributed by atoms with Crippen molar-refractivity contribution in [2.45, 2.75) is 26.0 Å². The van der Waals surface area contributed by atoms with E-state index in [-0.39, 0.29) is 6.04 Å². The Kier molecular flexibility index (Phi) is 6.18. The zero-order valence-electron chi connectivity index (χ0n) is 13.9. The fourth-order valence-corrected chi connectivity index (χ4v) is 2.52. The second-order valence-corrected chi connectivity index (χ2v) is 6.13. The zero-order chi connectivity index (χ0) is 17.0. The second-order valence-electron chi connectivity index (χ2n) is 5.70. The van der Waals surface area contributed by atoms with Crippen LogP contribution in [0.25, 0.3) is 11.3 Å². The molecule has 0 aliphatic rings. The molecule has 1 aromatic carbocycles. The minimum atomic E-state index is -0.542. The maximum atomic E-state index is 9.85. The SMILES string of the molecule is COCC(O)CN(C)C(C)c1nc(C)c(-c2ccc(Cl)cc2)o1. The average Bonchev–Trinajstić information content (AvgIpc) is 2.89. The normalized spacial score (nSPS) is 14.2. The van der Waals surface area contributed by atoms with E-state index < -0.39 is 6.10 Å². The van der Waals surface area contributed by atoms with Gasteiger partial charge in [-0.25, -0.2) is 4.98 Å². The number of benzene rings is 1. The number of rotatable bonds is 7. The van der Waals surface area contributed by atoms with Crippen molar-refractivity contribution in [1.29, 1.82) is 0 Å². The molecule has 5 nitrogen and oxygen atoms in total. The third kappa shape index (κ3) is 4.54. The molecule has 23 heavy (non-hydrogen) atoms. The van der Waals surface area contributed by atoms with Gasteiger partial charge in [-0.3, -0.25) is 4.90 Å². The number of aliphatic hydroxyl groups excluding tert-OH is 1. The van der Waals surface area contributed by atoms with Gasteiger partial charge < -0.3 is 14.3 Å². The molecule has 0 saturated carbocycles. The summed E-state index contributed by atoms with van der Waals surface area (Å²) >= 11 is 5.92. The average molecular weight is 339 g/mol. The van der Waals surface area contributed by atoms with Gasteiger partial charge in [-0.2, -0.15) is 0 Å². The quantitative estimate of drug-likeness (QED) is 0.839. The van der Waals surface area contributed by atoms with Gasteiger partial charge in [-0.05, 0) is 45.2 Å². The minimum Gasteiger partial charge on any atom is -0.439 e. The Balaban J connectivity index is 2.14. The molecule has 6 heteroatoms. The highest BCUT2D eigenvalue weighted by molar-refractivity contribution is 6.30. The summed E-state index contributed by atoms with van der Waals surface area (Å²) in [6, 6.07) is 7.43. The highest BCUT2D eigenvalue weighted by Gasteiger charge is 2.22. The van der Waals surface area contributed by atoms with Gasteiger partial charge in [0.05, 0.1) is 24.4 Å². The van der Waals surface area contributed by atoms with Crippen molar-refractivity contribution in [1.82, 2.24) is 9.88 Å². The van der Waals surface area contributed by atoms with Gasteiger partial charge in [0.15, 0.2) is 5.76 Å². The van der Waals surface area contributed by atoms with E-state index in [0.29, 0.717) is 24.1 Å². The van der Waals surface area contributed by atoms with Crippen molar-refractivity contribution in [3.63, 3.8) is 0 Å². The Morgan fingerprint density at radius 1 is 1.35 bits per heavy atom. The van der Waals surface area contributed by atoms with Crippen molar-refractivity contribution >= 4 is 11.6 Å². The number of likely N-dealkylation sites (N-methyl/N-ethyl adjacent to an activating group) is 1. The van der Waals surface area contributed by atoms with Gasteiger partial charge in [0, 0.05) is 24.2 Å². The number of aliphatic hydroxyl groups is 1. The summed E-state index contributed by atoms with van der Waals surface area (Å²) in [7, 11) is 3.49. The molecule has 2 atom stereocenters. The number of oxazole rings is 1. The van der Waals surface area contributed by atoms with E-state index in [1.807, 2.05) is 50.1 Å². The van der Waals surface area contributed by atoms with Gasteiger partial charge in [0.1, 0.15) is 0 Å². The van der Waals surface area contributed by atoms with Gasteiger partial charge in [-0.15, -0.1) is 0 Å². The number of aryl methyl sites for hydroxylation is 1. The molecule has 1 aromatic heterocycles. The summed E-state index contributed by atoms with van der Waals surface area (Å²) in [5, 5.41) is 10.5. The summed E-state index contributed by atoms with van der Waals surface area (Å²) in [6.07, 6.45) is -0.542. The van der Waals surface area contributed by atoms with Crippen LogP contribution in [0.15, 0.2) is 28.7 Å². The standard InChI is InChI=1S/C17H23ClN2O3/c1-11-16(13-5-7-14(18)8-6-13)23-17(19-11)12(2)20(3)9-15(21)10-22-4/h5-8,12,15,21H,9-10H2,1-4H3. The van der Waals surface area contributed by atoms with Crippen LogP contribution in [0, 0.1) is 6.92 Å². The number of ether oxygens (including phenoxy) is 1. The Bertz CT molecular complexity index is 627. The van der Waals surface area contributed by atoms with Gasteiger partial charge in [-0.1, -0.05) is 11.6 Å². The predicted molar refractivity (Wildman–Crippen MR) is 90.6 cm³/mol. The molecule has 2 rings (SSSR count). The lowest BCUT2D eigenvalue weighted by atomic mass is 10.1. The lowest BCUT2D eigenvalue weighted by Gasteiger charge is -2.24. The van der Waals surface area contributed by atoms with Crippen molar-refractivity contribution in [2.24, 2.45) is 0 Å². The maximum absolute atomic E-state index is 9.85. The van der Waals surface area contributed by atoms with E-state index in [2.05, 4.69) is 4.98 Å². The molecule has 0 spiro atoms. The van der Waals surface area contributed by atoms with Gasteiger partial charge in [0.2, 0.25) is 5.89 Å². The van der Waals surface area contributed by atoms with Crippen molar-refractivity contribution < 1.29 is 14.3 Å². The first-order valence-electron chi connectivity index (χ1n) is 7.53. The summed E-state index contributed by atoms with van der Waals surface area (Å²) in [4.78, 5) is 6.52. The summed E-state index contributed by atoms with van der Waals surface area (Å²) in [6.45, 7) is 4.70. The molecule has 0 aliphatic carbocycles. The molecule has 126 valence electrons. The van der Waals surface area contributed by atoms with E-state index in [9.17, 15) is 5.11 Å². The Morgan fingerprint density at radius 2 is 2.00 bits per heavy atom. The van der Waals surface area contributed by atoms with E-state index >= 15 is 0 Å². The van der Waals surface area contributed by atoms with Crippen molar-refractivity contribution in [3.05, 3.63) is 40.9 Å². The number of hydrogen-bond donors (Lipinski definition) is 1. The van der Waals surface area contributed by atoms with Gasteiger partial charge >= 0.3 is 0 Å². The van der Waals surface area contributed by atoms with Crippen LogP contribution in [-0.2, 0) is 4.74 Å². The third-order valence-electron chi connectivity index (χ3n) is 3.80. The summed E-state index contributed by atoms with van der Waals surface area (Å²) < 4.78 is 10.9. The molecule has 0 bridgehead atoms. The smallest absolute Gasteiger partial charge is 0.212 e. The number of hydrogen-bond acceptors (Lipinski definition) is 5. The molecule has 0 amide bonds. The first kappa shape index (κ1) is 17.9. The third-order valence-corrected chi connectivity index (χ3v) is 4.05. The Hall–Kier alpha value is -1.40. The maximum Gasteiger partial charge on any atom is 0.212 e. The molecule has 1 N–H and O–H groups in total. The molecular weight excluding hydrogens is 316 g/mol. The minimum absolute atomic E-state index is 0.0544. The van der Waals surface area contributed by atoms with E-state index in [4.69, 9.17) is 20.8 Å². The first-order valence-corrected chi connectivity index (χ1v) is 7.90. The predicted octanol–water partition coefficient (Wildman–Crippen LogP) is 3.30. The number of aromatic nitrogens is 1. The Labute approximate surface area is 141 Å². The molecule has 0 aliphatic heterocycles. The van der Waals surface area contributed by atoms with Crippen molar-refractivity contribution in [2.75, 3.05) is 27.3 Å². The van der Waals surface area contributed by atoms with Crippen LogP contribution in [0.2, 0.25) is 5.02 Å². The summed E-state index contributed by atoms with van der Waals surface area (Å²) in [5.74, 6) is 1.37. The fraction of sp³-hybridized carbons (Fsp3) is 0.471. The van der Waals surface area contributed by atoms with Gasteiger partial charge in [0.25, 0.3) is 0 Å². The van der Waals surface area contributed by atoms with Crippen LogP contribution in [0.1, 0.15) is 24.6 Å². The zero-order valence-corrected chi connectivity index (χ0v) is 14.7. The topological polar surface area (TPSA) is 58.7 Å². The number of methoxy groups -OCH3 is 1. The van der Waals surface area contributed by atoms with Crippen LogP contribution < -0.4 is 0 Å². The Morgan fingerprint density at radius 3 is 2.61 bits per heavy atom. The van der Waals surface area contributed by atoms with Crippen LogP contribution in [0.5, 0.6) is 0 Å². The highest BCUT2D eigenvalue weighted by Crippen LogP contribution is 2.29. The van der Waals surface area contributed by atoms with Crippen LogP contribution in [-0.4, -0.2) is 48.4 Å². The molecule has 0 fully saturated rings. The molecule has 0 radical (unpaired) electrons. The van der Waals surface area contributed by atoms with Crippen molar-refractivity contribution in [3.8, 4) is 11.3 Å². The van der Waals surface area contributed by atoms with E-state index in [1.165, 1.54) is 0 Å². The largest absolute Gasteiger partial charge is 0.439 e. The van der Waals surface area contributed by atoms with Crippen LogP contribution in [0.4, 0.5) is 0 Å². The van der Waals surface area contributed by atoms with Crippen LogP contribution >= 0.6 is 11.6 Å². The molecule has 2 aromatic rings. The number of halogens is 1. The van der Waals surface area contributed by atoms with E-state index in [0.717, 1.165) is 17.0 Å². The molecule has 0 saturated heterocycles. The monoisotopic (exact) mass is 338 g/mol. The fourth-order valence-electron chi connectivity index (χ4n) is 2.39. The second kappa shape index (κ2) is 7.93. The highest BCUT2D eigenvalue weighted by atomic mass is 35.5. The van der Waals surface area contributed by atoms with E-state index in [1.54, 1.807) is 7.11 Å².